The highest BCUT2D eigenvalue weighted by molar-refractivity contribution is 7.89. The normalized spacial score (nSPS) is 21.8. The van der Waals surface area contributed by atoms with E-state index in [1.807, 2.05) is 37.3 Å². The minimum Gasteiger partial charge on any atom is -0.207 e. The first kappa shape index (κ1) is 17.2. The molecular formula is C19H20ClNO2S. The van der Waals surface area contributed by atoms with Gasteiger partial charge >= 0.3 is 0 Å². The summed E-state index contributed by atoms with van der Waals surface area (Å²) in [7, 11) is -3.55. The van der Waals surface area contributed by atoms with Crippen LogP contribution in [0.4, 0.5) is 0 Å². The lowest BCUT2D eigenvalue weighted by Gasteiger charge is -2.24. The molecule has 0 saturated carbocycles. The summed E-state index contributed by atoms with van der Waals surface area (Å²) in [4.78, 5) is 0.330. The molecule has 1 heterocycles. The van der Waals surface area contributed by atoms with E-state index in [1.54, 1.807) is 28.6 Å². The summed E-state index contributed by atoms with van der Waals surface area (Å²) in [5.74, 6) is 0.144. The number of rotatable bonds is 4. The van der Waals surface area contributed by atoms with Crippen molar-refractivity contribution in [2.75, 3.05) is 6.54 Å². The summed E-state index contributed by atoms with van der Waals surface area (Å²) >= 11 is 5.96. The molecule has 0 bridgehead atoms. The van der Waals surface area contributed by atoms with Gasteiger partial charge in [-0.3, -0.25) is 0 Å². The Labute approximate surface area is 148 Å². The topological polar surface area (TPSA) is 37.4 Å². The maximum absolute atomic E-state index is 13.1. The van der Waals surface area contributed by atoms with Crippen LogP contribution in [0.5, 0.6) is 0 Å². The second kappa shape index (κ2) is 6.71. The van der Waals surface area contributed by atoms with Crippen LogP contribution in [-0.4, -0.2) is 19.3 Å². The van der Waals surface area contributed by atoms with Crippen LogP contribution in [-0.2, 0) is 10.0 Å². The van der Waals surface area contributed by atoms with Gasteiger partial charge in [-0.25, -0.2) is 8.42 Å². The molecule has 0 N–H and O–H groups in total. The van der Waals surface area contributed by atoms with E-state index in [2.05, 4.69) is 6.58 Å². The summed E-state index contributed by atoms with van der Waals surface area (Å²) in [6.07, 6.45) is 2.57. The molecule has 24 heavy (non-hydrogen) atoms. The van der Waals surface area contributed by atoms with Gasteiger partial charge in [0.2, 0.25) is 10.0 Å². The average Bonchev–Trinajstić information content (AvgIpc) is 3.01. The average molecular weight is 362 g/mol. The molecule has 5 heteroatoms. The number of halogens is 1. The first-order chi connectivity index (χ1) is 11.4. The lowest BCUT2D eigenvalue weighted by molar-refractivity contribution is 0.395. The zero-order chi connectivity index (χ0) is 17.3. The maximum atomic E-state index is 13.1. The van der Waals surface area contributed by atoms with Crippen LogP contribution in [0, 0.1) is 12.8 Å². The Morgan fingerprint density at radius 2 is 1.75 bits per heavy atom. The number of hydrogen-bond acceptors (Lipinski definition) is 2. The third-order valence-electron chi connectivity index (χ3n) is 4.50. The largest absolute Gasteiger partial charge is 0.243 e. The molecule has 126 valence electrons. The summed E-state index contributed by atoms with van der Waals surface area (Å²) in [6, 6.07) is 14.2. The highest BCUT2D eigenvalue weighted by atomic mass is 35.5. The van der Waals surface area contributed by atoms with Crippen molar-refractivity contribution in [2.45, 2.75) is 24.3 Å². The van der Waals surface area contributed by atoms with Crippen molar-refractivity contribution in [3.05, 3.63) is 77.3 Å². The number of nitrogens with zero attached hydrogens (tertiary/aromatic N) is 1. The second-order valence-corrected chi connectivity index (χ2v) is 8.51. The van der Waals surface area contributed by atoms with E-state index in [-0.39, 0.29) is 12.0 Å². The van der Waals surface area contributed by atoms with Crippen molar-refractivity contribution in [3.8, 4) is 0 Å². The molecule has 1 aliphatic rings. The fourth-order valence-electron chi connectivity index (χ4n) is 3.11. The standard InChI is InChI=1S/C19H20ClNO2S/c1-3-15-12-19(16-6-8-17(20)9-7-16)21(13-15)24(22,23)18-10-4-14(2)5-11-18/h3-11,15,19H,1,12-13H2,2H3. The van der Waals surface area contributed by atoms with E-state index in [9.17, 15) is 8.42 Å². The summed E-state index contributed by atoms with van der Waals surface area (Å²) < 4.78 is 27.8. The molecule has 2 unspecified atom stereocenters. The number of aryl methyl sites for hydroxylation is 1. The van der Waals surface area contributed by atoms with Gasteiger partial charge in [-0.15, -0.1) is 6.58 Å². The number of hydrogen-bond donors (Lipinski definition) is 0. The Hall–Kier alpha value is -1.62. The molecule has 2 atom stereocenters. The third kappa shape index (κ3) is 3.27. The highest BCUT2D eigenvalue weighted by Gasteiger charge is 2.39. The van der Waals surface area contributed by atoms with Crippen LogP contribution in [0.3, 0.4) is 0 Å². The minimum absolute atomic E-state index is 0.144. The zero-order valence-corrected chi connectivity index (χ0v) is 15.1. The van der Waals surface area contributed by atoms with Gasteiger partial charge in [-0.2, -0.15) is 4.31 Å². The van der Waals surface area contributed by atoms with Crippen LogP contribution in [0.25, 0.3) is 0 Å². The predicted octanol–water partition coefficient (Wildman–Crippen LogP) is 4.59. The van der Waals surface area contributed by atoms with Gasteiger partial charge in [0.05, 0.1) is 10.9 Å². The van der Waals surface area contributed by atoms with Crippen molar-refractivity contribution in [1.82, 2.24) is 4.31 Å². The fraction of sp³-hybridized carbons (Fsp3) is 0.263. The SMILES string of the molecule is C=CC1CC(c2ccc(Cl)cc2)N(S(=O)(=O)c2ccc(C)cc2)C1. The Balaban J connectivity index is 2.00. The molecule has 1 aliphatic heterocycles. The first-order valence-corrected chi connectivity index (χ1v) is 9.70. The van der Waals surface area contributed by atoms with Crippen LogP contribution < -0.4 is 0 Å². The van der Waals surface area contributed by atoms with Crippen molar-refractivity contribution in [2.24, 2.45) is 5.92 Å². The van der Waals surface area contributed by atoms with E-state index in [0.717, 1.165) is 17.5 Å². The lowest BCUT2D eigenvalue weighted by atomic mass is 10.0. The third-order valence-corrected chi connectivity index (χ3v) is 6.64. The van der Waals surface area contributed by atoms with Crippen LogP contribution in [0.1, 0.15) is 23.6 Å². The summed E-state index contributed by atoms with van der Waals surface area (Å²) in [5, 5.41) is 0.643. The molecule has 2 aromatic carbocycles. The van der Waals surface area contributed by atoms with E-state index >= 15 is 0 Å². The molecule has 1 fully saturated rings. The van der Waals surface area contributed by atoms with Crippen molar-refractivity contribution < 1.29 is 8.42 Å². The van der Waals surface area contributed by atoms with Gasteiger partial charge in [-0.1, -0.05) is 47.5 Å². The maximum Gasteiger partial charge on any atom is 0.243 e. The minimum atomic E-state index is -3.55. The van der Waals surface area contributed by atoms with Crippen molar-refractivity contribution >= 4 is 21.6 Å². The van der Waals surface area contributed by atoms with Gasteiger partial charge in [0, 0.05) is 11.6 Å². The van der Waals surface area contributed by atoms with Crippen LogP contribution in [0.15, 0.2) is 66.1 Å². The van der Waals surface area contributed by atoms with Crippen molar-refractivity contribution in [3.63, 3.8) is 0 Å². The molecule has 3 nitrogen and oxygen atoms in total. The second-order valence-electron chi connectivity index (χ2n) is 6.19. The zero-order valence-electron chi connectivity index (χ0n) is 13.5. The van der Waals surface area contributed by atoms with Crippen LogP contribution >= 0.6 is 11.6 Å². The molecule has 0 spiro atoms. The van der Waals surface area contributed by atoms with E-state index in [4.69, 9.17) is 11.6 Å². The van der Waals surface area contributed by atoms with Gasteiger partial charge in [0.25, 0.3) is 0 Å². The Kier molecular flexibility index (Phi) is 4.81. The van der Waals surface area contributed by atoms with Gasteiger partial charge < -0.3 is 0 Å². The van der Waals surface area contributed by atoms with Gasteiger partial charge in [0.15, 0.2) is 0 Å². The van der Waals surface area contributed by atoms with E-state index in [1.165, 1.54) is 0 Å². The van der Waals surface area contributed by atoms with Crippen molar-refractivity contribution in [1.29, 1.82) is 0 Å². The Morgan fingerprint density at radius 3 is 2.33 bits per heavy atom. The monoisotopic (exact) mass is 361 g/mol. The summed E-state index contributed by atoms with van der Waals surface area (Å²) in [5.41, 5.74) is 1.99. The number of benzene rings is 2. The number of sulfonamides is 1. The molecule has 0 radical (unpaired) electrons. The van der Waals surface area contributed by atoms with Gasteiger partial charge in [0.1, 0.15) is 0 Å². The van der Waals surface area contributed by atoms with E-state index in [0.29, 0.717) is 16.5 Å². The van der Waals surface area contributed by atoms with E-state index < -0.39 is 10.0 Å². The van der Waals surface area contributed by atoms with Gasteiger partial charge in [-0.05, 0) is 49.1 Å². The van der Waals surface area contributed by atoms with Crippen LogP contribution in [0.2, 0.25) is 5.02 Å². The fourth-order valence-corrected chi connectivity index (χ4v) is 4.91. The quantitative estimate of drug-likeness (QED) is 0.747. The summed E-state index contributed by atoms with van der Waals surface area (Å²) in [6.45, 7) is 6.24. The molecule has 0 amide bonds. The first-order valence-electron chi connectivity index (χ1n) is 7.88. The Morgan fingerprint density at radius 1 is 1.12 bits per heavy atom. The predicted molar refractivity (Wildman–Crippen MR) is 97.6 cm³/mol. The molecule has 1 saturated heterocycles. The molecule has 2 aromatic rings. The smallest absolute Gasteiger partial charge is 0.207 e. The lowest BCUT2D eigenvalue weighted by Crippen LogP contribution is -2.31. The molecule has 0 aliphatic carbocycles. The highest BCUT2D eigenvalue weighted by Crippen LogP contribution is 2.40. The molecular weight excluding hydrogens is 342 g/mol. The Bertz CT molecular complexity index is 829. The molecule has 3 rings (SSSR count). The molecule has 0 aromatic heterocycles.